The van der Waals surface area contributed by atoms with E-state index in [1.54, 1.807) is 48.5 Å². The van der Waals surface area contributed by atoms with Crippen LogP contribution in [0, 0.1) is 0 Å². The number of amides is 2. The van der Waals surface area contributed by atoms with Crippen LogP contribution in [0.4, 0.5) is 5.69 Å². The summed E-state index contributed by atoms with van der Waals surface area (Å²) >= 11 is 0. The van der Waals surface area contributed by atoms with Crippen LogP contribution in [0.5, 0.6) is 0 Å². The maximum absolute atomic E-state index is 12.5. The van der Waals surface area contributed by atoms with Gasteiger partial charge in [0.25, 0.3) is 5.91 Å². The van der Waals surface area contributed by atoms with Crippen LogP contribution in [0.15, 0.2) is 57.7 Å². The van der Waals surface area contributed by atoms with Crippen LogP contribution in [0.25, 0.3) is 11.1 Å². The number of rotatable bonds is 4. The third-order valence-corrected chi connectivity index (χ3v) is 4.93. The molecular weight excluding hydrogens is 358 g/mol. The summed E-state index contributed by atoms with van der Waals surface area (Å²) < 4.78 is 6.43. The SMILES string of the molecule is O=C(Cn1c(=O)oc2ccccc21)Nc1ccc(C(=O)N2CCCCC2)cc1. The Bertz CT molecular complexity index is 1060. The molecule has 1 fully saturated rings. The van der Waals surface area contributed by atoms with E-state index in [9.17, 15) is 14.4 Å². The molecular formula is C21H21N3O4. The first-order chi connectivity index (χ1) is 13.6. The number of anilines is 1. The van der Waals surface area contributed by atoms with Gasteiger partial charge in [-0.15, -0.1) is 0 Å². The average molecular weight is 379 g/mol. The lowest BCUT2D eigenvalue weighted by Crippen LogP contribution is -2.35. The predicted molar refractivity (Wildman–Crippen MR) is 105 cm³/mol. The summed E-state index contributed by atoms with van der Waals surface area (Å²) in [6.45, 7) is 1.44. The second kappa shape index (κ2) is 7.72. The molecule has 0 spiro atoms. The lowest BCUT2D eigenvalue weighted by atomic mass is 10.1. The third-order valence-electron chi connectivity index (χ3n) is 4.93. The number of para-hydroxylation sites is 2. The van der Waals surface area contributed by atoms with E-state index in [0.29, 0.717) is 22.4 Å². The number of hydrogen-bond donors (Lipinski definition) is 1. The number of benzene rings is 2. The summed E-state index contributed by atoms with van der Waals surface area (Å²) in [7, 11) is 0. The standard InChI is InChI=1S/C21H21N3O4/c25-19(14-24-17-6-2-3-7-18(17)28-21(24)27)22-16-10-8-15(9-11-16)20(26)23-12-4-1-5-13-23/h2-3,6-11H,1,4-5,12-14H2,(H,22,25). The van der Waals surface area contributed by atoms with Gasteiger partial charge in [0.05, 0.1) is 5.52 Å². The number of carbonyl (C=O) groups is 2. The molecule has 7 nitrogen and oxygen atoms in total. The van der Waals surface area contributed by atoms with Crippen molar-refractivity contribution in [3.05, 3.63) is 64.6 Å². The number of oxazole rings is 1. The van der Waals surface area contributed by atoms with Crippen molar-refractivity contribution < 1.29 is 14.0 Å². The molecule has 4 rings (SSSR count). The van der Waals surface area contributed by atoms with Crippen molar-refractivity contribution in [3.8, 4) is 0 Å². The highest BCUT2D eigenvalue weighted by Gasteiger charge is 2.18. The molecule has 7 heteroatoms. The summed E-state index contributed by atoms with van der Waals surface area (Å²) in [6.07, 6.45) is 3.26. The Morgan fingerprint density at radius 1 is 0.964 bits per heavy atom. The molecule has 3 aromatic rings. The van der Waals surface area contributed by atoms with Gasteiger partial charge in [-0.2, -0.15) is 0 Å². The van der Waals surface area contributed by atoms with Crippen molar-refractivity contribution in [1.29, 1.82) is 0 Å². The monoisotopic (exact) mass is 379 g/mol. The van der Waals surface area contributed by atoms with E-state index in [2.05, 4.69) is 5.32 Å². The minimum absolute atomic E-state index is 0.0222. The number of nitrogens with one attached hydrogen (secondary N) is 1. The predicted octanol–water partition coefficient (Wildman–Crippen LogP) is 2.86. The van der Waals surface area contributed by atoms with Gasteiger partial charge in [0, 0.05) is 24.3 Å². The molecule has 0 aliphatic carbocycles. The van der Waals surface area contributed by atoms with Gasteiger partial charge in [-0.1, -0.05) is 12.1 Å². The van der Waals surface area contributed by atoms with Gasteiger partial charge in [0.2, 0.25) is 5.91 Å². The Morgan fingerprint density at radius 3 is 2.43 bits per heavy atom. The van der Waals surface area contributed by atoms with Crippen molar-refractivity contribution in [3.63, 3.8) is 0 Å². The second-order valence-corrected chi connectivity index (χ2v) is 6.90. The fourth-order valence-corrected chi connectivity index (χ4v) is 3.48. The summed E-state index contributed by atoms with van der Waals surface area (Å²) in [5.74, 6) is -0.892. The second-order valence-electron chi connectivity index (χ2n) is 6.90. The van der Waals surface area contributed by atoms with Gasteiger partial charge in [-0.25, -0.2) is 4.79 Å². The van der Waals surface area contributed by atoms with Crippen LogP contribution in [-0.4, -0.2) is 34.4 Å². The van der Waals surface area contributed by atoms with E-state index >= 15 is 0 Å². The van der Waals surface area contributed by atoms with Gasteiger partial charge in [0.1, 0.15) is 6.54 Å². The van der Waals surface area contributed by atoms with Crippen LogP contribution in [0.1, 0.15) is 29.6 Å². The minimum Gasteiger partial charge on any atom is -0.408 e. The third kappa shape index (κ3) is 3.69. The van der Waals surface area contributed by atoms with Crippen LogP contribution in [0.2, 0.25) is 0 Å². The summed E-state index contributed by atoms with van der Waals surface area (Å²) in [5.41, 5.74) is 2.20. The van der Waals surface area contributed by atoms with Crippen molar-refractivity contribution in [2.45, 2.75) is 25.8 Å². The van der Waals surface area contributed by atoms with Crippen LogP contribution in [-0.2, 0) is 11.3 Å². The first-order valence-corrected chi connectivity index (χ1v) is 9.39. The largest absolute Gasteiger partial charge is 0.420 e. The normalized spacial score (nSPS) is 14.2. The number of hydrogen-bond acceptors (Lipinski definition) is 4. The smallest absolute Gasteiger partial charge is 0.408 e. The maximum Gasteiger partial charge on any atom is 0.420 e. The lowest BCUT2D eigenvalue weighted by Gasteiger charge is -2.26. The fourth-order valence-electron chi connectivity index (χ4n) is 3.48. The van der Waals surface area contributed by atoms with E-state index in [4.69, 9.17) is 4.42 Å². The van der Waals surface area contributed by atoms with E-state index in [0.717, 1.165) is 25.9 Å². The molecule has 0 saturated carbocycles. The van der Waals surface area contributed by atoms with Crippen molar-refractivity contribution in [2.24, 2.45) is 0 Å². The average Bonchev–Trinajstić information content (AvgIpc) is 3.04. The van der Waals surface area contributed by atoms with Gasteiger partial charge in [-0.05, 0) is 55.7 Å². The van der Waals surface area contributed by atoms with Gasteiger partial charge < -0.3 is 14.6 Å². The van der Waals surface area contributed by atoms with Gasteiger partial charge in [-0.3, -0.25) is 14.2 Å². The zero-order valence-electron chi connectivity index (χ0n) is 15.4. The topological polar surface area (TPSA) is 84.5 Å². The number of carbonyl (C=O) groups excluding carboxylic acids is 2. The minimum atomic E-state index is -0.571. The molecule has 1 N–H and O–H groups in total. The highest BCUT2D eigenvalue weighted by Crippen LogP contribution is 2.16. The van der Waals surface area contributed by atoms with Crippen molar-refractivity contribution >= 4 is 28.6 Å². The van der Waals surface area contributed by atoms with E-state index in [1.807, 2.05) is 4.90 Å². The summed E-state index contributed by atoms with van der Waals surface area (Å²) in [5, 5.41) is 2.75. The van der Waals surface area contributed by atoms with Crippen LogP contribution >= 0.6 is 0 Å². The van der Waals surface area contributed by atoms with Gasteiger partial charge >= 0.3 is 5.76 Å². The summed E-state index contributed by atoms with van der Waals surface area (Å²) in [4.78, 5) is 38.7. The number of nitrogens with zero attached hydrogens (tertiary/aromatic N) is 2. The van der Waals surface area contributed by atoms with Crippen molar-refractivity contribution in [2.75, 3.05) is 18.4 Å². The molecule has 1 aliphatic rings. The number of aromatic nitrogens is 1. The molecule has 0 unspecified atom stereocenters. The molecule has 0 radical (unpaired) electrons. The molecule has 0 atom stereocenters. The Balaban J connectivity index is 1.42. The van der Waals surface area contributed by atoms with E-state index in [-0.39, 0.29) is 18.4 Å². The molecule has 1 aromatic heterocycles. The molecule has 28 heavy (non-hydrogen) atoms. The quantitative estimate of drug-likeness (QED) is 0.755. The maximum atomic E-state index is 12.5. The Hall–Kier alpha value is -3.35. The molecule has 2 amide bonds. The first-order valence-electron chi connectivity index (χ1n) is 9.39. The van der Waals surface area contributed by atoms with E-state index < -0.39 is 5.76 Å². The first kappa shape index (κ1) is 18.0. The molecule has 0 bridgehead atoms. The van der Waals surface area contributed by atoms with E-state index in [1.165, 1.54) is 11.0 Å². The zero-order valence-corrected chi connectivity index (χ0v) is 15.4. The van der Waals surface area contributed by atoms with Crippen LogP contribution < -0.4 is 11.1 Å². The molecule has 2 heterocycles. The summed E-state index contributed by atoms with van der Waals surface area (Å²) in [6, 6.07) is 13.8. The molecule has 1 saturated heterocycles. The van der Waals surface area contributed by atoms with Crippen molar-refractivity contribution in [1.82, 2.24) is 9.47 Å². The molecule has 2 aromatic carbocycles. The Morgan fingerprint density at radius 2 is 1.68 bits per heavy atom. The fraction of sp³-hybridized carbons (Fsp3) is 0.286. The number of likely N-dealkylation sites (tertiary alicyclic amines) is 1. The highest BCUT2D eigenvalue weighted by atomic mass is 16.4. The zero-order chi connectivity index (χ0) is 19.5. The number of piperidine rings is 1. The molecule has 144 valence electrons. The lowest BCUT2D eigenvalue weighted by molar-refractivity contribution is -0.116. The Labute approximate surface area is 161 Å². The Kier molecular flexibility index (Phi) is 4.97. The van der Waals surface area contributed by atoms with Gasteiger partial charge in [0.15, 0.2) is 5.58 Å². The highest BCUT2D eigenvalue weighted by molar-refractivity contribution is 5.96. The molecule has 1 aliphatic heterocycles. The van der Waals surface area contributed by atoms with Crippen LogP contribution in [0.3, 0.4) is 0 Å². The number of fused-ring (bicyclic) bond motifs is 1.